The average Bonchev–Trinajstić information content (AvgIpc) is 3.22. The molecule has 1 aromatic carbocycles. The van der Waals surface area contributed by atoms with Crippen molar-refractivity contribution in [2.24, 2.45) is 0 Å². The first-order chi connectivity index (χ1) is 13.4. The Kier molecular flexibility index (Phi) is 5.35. The molecule has 0 spiro atoms. The standard InChI is InChI=1S/C20H26N4O3S/c1-16-13-17-5-4-6-18(20(17)21-14-16)28(26,27)24-11-9-22(10-12-24)15-19(25)23-7-2-3-8-23/h4-6,13-14H,2-3,7-12,15H2,1H3. The van der Waals surface area contributed by atoms with Gasteiger partial charge in [0.2, 0.25) is 15.9 Å². The molecule has 4 rings (SSSR count). The summed E-state index contributed by atoms with van der Waals surface area (Å²) in [4.78, 5) is 20.9. The van der Waals surface area contributed by atoms with Crippen LogP contribution in [0, 0.1) is 6.92 Å². The van der Waals surface area contributed by atoms with Gasteiger partial charge in [0.25, 0.3) is 0 Å². The number of aromatic nitrogens is 1. The van der Waals surface area contributed by atoms with Crippen LogP contribution in [-0.2, 0) is 14.8 Å². The summed E-state index contributed by atoms with van der Waals surface area (Å²) in [7, 11) is -3.62. The van der Waals surface area contributed by atoms with Crippen LogP contribution in [0.4, 0.5) is 0 Å². The minimum absolute atomic E-state index is 0.155. The van der Waals surface area contributed by atoms with Crippen LogP contribution < -0.4 is 0 Å². The molecule has 1 amide bonds. The smallest absolute Gasteiger partial charge is 0.245 e. The van der Waals surface area contributed by atoms with E-state index in [2.05, 4.69) is 9.88 Å². The molecule has 0 radical (unpaired) electrons. The lowest BCUT2D eigenvalue weighted by Gasteiger charge is -2.34. The number of carbonyl (C=O) groups excluding carboxylic acids is 1. The zero-order valence-electron chi connectivity index (χ0n) is 16.2. The Morgan fingerprint density at radius 2 is 1.79 bits per heavy atom. The number of sulfonamides is 1. The predicted octanol–water partition coefficient (Wildman–Crippen LogP) is 1.47. The van der Waals surface area contributed by atoms with Crippen LogP contribution in [0.1, 0.15) is 18.4 Å². The number of para-hydroxylation sites is 1. The zero-order valence-corrected chi connectivity index (χ0v) is 17.0. The van der Waals surface area contributed by atoms with E-state index in [4.69, 9.17) is 0 Å². The third-order valence-electron chi connectivity index (χ3n) is 5.58. The molecule has 1 aromatic heterocycles. The molecule has 0 aliphatic carbocycles. The maximum absolute atomic E-state index is 13.2. The van der Waals surface area contributed by atoms with Gasteiger partial charge in [0.1, 0.15) is 4.90 Å². The molecule has 0 unspecified atom stereocenters. The molecular formula is C20H26N4O3S. The Balaban J connectivity index is 1.46. The highest BCUT2D eigenvalue weighted by Gasteiger charge is 2.31. The van der Waals surface area contributed by atoms with E-state index in [0.717, 1.165) is 36.9 Å². The van der Waals surface area contributed by atoms with E-state index < -0.39 is 10.0 Å². The lowest BCUT2D eigenvalue weighted by Crippen LogP contribution is -2.51. The molecule has 150 valence electrons. The molecule has 7 nitrogen and oxygen atoms in total. The lowest BCUT2D eigenvalue weighted by atomic mass is 10.2. The Bertz CT molecular complexity index is 978. The number of amides is 1. The largest absolute Gasteiger partial charge is 0.342 e. The highest BCUT2D eigenvalue weighted by molar-refractivity contribution is 7.89. The molecule has 0 atom stereocenters. The second kappa shape index (κ2) is 7.77. The third kappa shape index (κ3) is 3.76. The number of aryl methyl sites for hydroxylation is 1. The number of carbonyl (C=O) groups is 1. The predicted molar refractivity (Wildman–Crippen MR) is 107 cm³/mol. The Morgan fingerprint density at radius 1 is 1.07 bits per heavy atom. The first kappa shape index (κ1) is 19.3. The quantitative estimate of drug-likeness (QED) is 0.774. The van der Waals surface area contributed by atoms with Gasteiger partial charge in [0, 0.05) is 50.9 Å². The van der Waals surface area contributed by atoms with Crippen molar-refractivity contribution in [3.8, 4) is 0 Å². The molecule has 2 aromatic rings. The van der Waals surface area contributed by atoms with E-state index in [0.29, 0.717) is 38.2 Å². The molecule has 2 fully saturated rings. The first-order valence-electron chi connectivity index (χ1n) is 9.81. The van der Waals surface area contributed by atoms with Gasteiger partial charge in [-0.25, -0.2) is 8.42 Å². The third-order valence-corrected chi connectivity index (χ3v) is 7.51. The second-order valence-electron chi connectivity index (χ2n) is 7.61. The number of benzene rings is 1. The summed E-state index contributed by atoms with van der Waals surface area (Å²) in [6, 6.07) is 7.23. The highest BCUT2D eigenvalue weighted by Crippen LogP contribution is 2.25. The fourth-order valence-electron chi connectivity index (χ4n) is 3.98. The fraction of sp³-hybridized carbons (Fsp3) is 0.500. The number of likely N-dealkylation sites (tertiary alicyclic amines) is 1. The highest BCUT2D eigenvalue weighted by atomic mass is 32.2. The molecule has 0 N–H and O–H groups in total. The summed E-state index contributed by atoms with van der Waals surface area (Å²) in [5.41, 5.74) is 1.51. The summed E-state index contributed by atoms with van der Waals surface area (Å²) < 4.78 is 27.9. The van der Waals surface area contributed by atoms with E-state index in [-0.39, 0.29) is 10.8 Å². The Labute approximate surface area is 166 Å². The van der Waals surface area contributed by atoms with Crippen LogP contribution in [0.3, 0.4) is 0 Å². The zero-order chi connectivity index (χ0) is 19.7. The van der Waals surface area contributed by atoms with Gasteiger partial charge in [-0.15, -0.1) is 0 Å². The number of rotatable bonds is 4. The minimum atomic E-state index is -3.62. The molecule has 2 aliphatic rings. The topological polar surface area (TPSA) is 73.8 Å². The van der Waals surface area contributed by atoms with Gasteiger partial charge in [-0.1, -0.05) is 12.1 Å². The number of nitrogens with zero attached hydrogens (tertiary/aromatic N) is 4. The molecule has 28 heavy (non-hydrogen) atoms. The molecule has 0 bridgehead atoms. The van der Waals surface area contributed by atoms with Gasteiger partial charge in [-0.05, 0) is 37.5 Å². The SMILES string of the molecule is Cc1cnc2c(S(=O)(=O)N3CCN(CC(=O)N4CCCC4)CC3)cccc2c1. The number of hydrogen-bond donors (Lipinski definition) is 0. The van der Waals surface area contributed by atoms with Gasteiger partial charge in [0.05, 0.1) is 12.1 Å². The van der Waals surface area contributed by atoms with Gasteiger partial charge < -0.3 is 4.90 Å². The summed E-state index contributed by atoms with van der Waals surface area (Å²) in [6.07, 6.45) is 3.86. The summed E-state index contributed by atoms with van der Waals surface area (Å²) in [6.45, 7) is 5.92. The first-order valence-corrected chi connectivity index (χ1v) is 11.2. The Hall–Kier alpha value is -2.03. The van der Waals surface area contributed by atoms with Crippen molar-refractivity contribution in [1.82, 2.24) is 19.1 Å². The monoisotopic (exact) mass is 402 g/mol. The van der Waals surface area contributed by atoms with Crippen molar-refractivity contribution < 1.29 is 13.2 Å². The maximum atomic E-state index is 13.2. The van der Waals surface area contributed by atoms with Crippen molar-refractivity contribution >= 4 is 26.8 Å². The van der Waals surface area contributed by atoms with Crippen LogP contribution >= 0.6 is 0 Å². The van der Waals surface area contributed by atoms with Crippen molar-refractivity contribution in [1.29, 1.82) is 0 Å². The minimum Gasteiger partial charge on any atom is -0.342 e. The van der Waals surface area contributed by atoms with E-state index in [1.165, 1.54) is 4.31 Å². The van der Waals surface area contributed by atoms with Crippen LogP contribution in [-0.4, -0.2) is 79.2 Å². The van der Waals surface area contributed by atoms with Crippen LogP contribution in [0.5, 0.6) is 0 Å². The van der Waals surface area contributed by atoms with Crippen LogP contribution in [0.15, 0.2) is 35.4 Å². The van der Waals surface area contributed by atoms with Crippen molar-refractivity contribution in [3.63, 3.8) is 0 Å². The molecule has 2 aliphatic heterocycles. The van der Waals surface area contributed by atoms with Gasteiger partial charge in [0.15, 0.2) is 0 Å². The van der Waals surface area contributed by atoms with Gasteiger partial charge in [-0.3, -0.25) is 14.7 Å². The molecule has 8 heteroatoms. The van der Waals surface area contributed by atoms with Crippen LogP contribution in [0.25, 0.3) is 10.9 Å². The average molecular weight is 403 g/mol. The van der Waals surface area contributed by atoms with E-state index in [9.17, 15) is 13.2 Å². The Morgan fingerprint density at radius 3 is 2.50 bits per heavy atom. The fourth-order valence-corrected chi connectivity index (χ4v) is 5.56. The maximum Gasteiger partial charge on any atom is 0.245 e. The summed E-state index contributed by atoms with van der Waals surface area (Å²) in [5.74, 6) is 0.155. The molecule has 2 saturated heterocycles. The number of hydrogen-bond acceptors (Lipinski definition) is 5. The van der Waals surface area contributed by atoms with E-state index >= 15 is 0 Å². The van der Waals surface area contributed by atoms with Crippen molar-refractivity contribution in [2.45, 2.75) is 24.7 Å². The number of pyridine rings is 1. The summed E-state index contributed by atoms with van der Waals surface area (Å²) in [5, 5.41) is 0.830. The van der Waals surface area contributed by atoms with Crippen LogP contribution in [0.2, 0.25) is 0 Å². The molecule has 0 saturated carbocycles. The molecule has 3 heterocycles. The van der Waals surface area contributed by atoms with Gasteiger partial charge >= 0.3 is 0 Å². The molecular weight excluding hydrogens is 376 g/mol. The van der Waals surface area contributed by atoms with Crippen molar-refractivity contribution in [3.05, 3.63) is 36.0 Å². The number of fused-ring (bicyclic) bond motifs is 1. The normalized spacial score (nSPS) is 19.4. The van der Waals surface area contributed by atoms with Crippen molar-refractivity contribution in [2.75, 3.05) is 45.8 Å². The van der Waals surface area contributed by atoms with E-state index in [1.807, 2.05) is 24.0 Å². The summed E-state index contributed by atoms with van der Waals surface area (Å²) >= 11 is 0. The van der Waals surface area contributed by atoms with Gasteiger partial charge in [-0.2, -0.15) is 4.31 Å². The number of piperazine rings is 1. The lowest BCUT2D eigenvalue weighted by molar-refractivity contribution is -0.131. The van der Waals surface area contributed by atoms with E-state index in [1.54, 1.807) is 18.3 Å². The second-order valence-corrected chi connectivity index (χ2v) is 9.52.